The molecule has 0 bridgehead atoms. The highest BCUT2D eigenvalue weighted by atomic mass is 16.5. The van der Waals surface area contributed by atoms with Crippen LogP contribution in [0.25, 0.3) is 11.3 Å². The molecule has 0 atom stereocenters. The zero-order valence-electron chi connectivity index (χ0n) is 16.5. The Balaban J connectivity index is 1.51. The summed E-state index contributed by atoms with van der Waals surface area (Å²) < 4.78 is 7.07. The van der Waals surface area contributed by atoms with Gasteiger partial charge in [0.15, 0.2) is 11.5 Å². The summed E-state index contributed by atoms with van der Waals surface area (Å²) in [6, 6.07) is 6.94. The minimum absolute atomic E-state index is 0.00718. The van der Waals surface area contributed by atoms with Crippen molar-refractivity contribution >= 4 is 17.5 Å². The van der Waals surface area contributed by atoms with Crippen molar-refractivity contribution in [1.29, 1.82) is 0 Å². The molecule has 0 spiro atoms. The van der Waals surface area contributed by atoms with Gasteiger partial charge in [0.25, 0.3) is 11.8 Å². The summed E-state index contributed by atoms with van der Waals surface area (Å²) in [5.41, 5.74) is 2.86. The molecule has 8 nitrogen and oxygen atoms in total. The number of nitrogens with one attached hydrogen (secondary N) is 1. The summed E-state index contributed by atoms with van der Waals surface area (Å²) >= 11 is 0. The number of benzene rings is 1. The lowest BCUT2D eigenvalue weighted by molar-refractivity contribution is 0.0791. The second-order valence-corrected chi connectivity index (χ2v) is 7.09. The average Bonchev–Trinajstić information content (AvgIpc) is 3.49. The summed E-state index contributed by atoms with van der Waals surface area (Å²) in [5.74, 6) is 0.0917. The second-order valence-electron chi connectivity index (χ2n) is 7.09. The second kappa shape index (κ2) is 7.90. The Morgan fingerprint density at radius 3 is 2.76 bits per heavy atom. The Morgan fingerprint density at radius 1 is 1.24 bits per heavy atom. The standard InChI is InChI=1S/C21H23N5O3/c1-3-26-13-15(12-22-26)19-11-18(24-29-19)20(27)23-17-8-6-7-16(14(17)2)21(28)25-9-4-5-10-25/h6-8,11-13H,3-5,9-10H2,1-2H3,(H,23,27). The van der Waals surface area contributed by atoms with Crippen molar-refractivity contribution in [3.05, 3.63) is 53.5 Å². The van der Waals surface area contributed by atoms with E-state index in [0.717, 1.165) is 43.6 Å². The fourth-order valence-corrected chi connectivity index (χ4v) is 3.46. The van der Waals surface area contributed by atoms with Crippen molar-refractivity contribution in [3.8, 4) is 11.3 Å². The first-order valence-corrected chi connectivity index (χ1v) is 9.76. The minimum atomic E-state index is -0.392. The highest BCUT2D eigenvalue weighted by Crippen LogP contribution is 2.24. The third kappa shape index (κ3) is 3.78. The van der Waals surface area contributed by atoms with Gasteiger partial charge in [0.1, 0.15) is 0 Å². The fraction of sp³-hybridized carbons (Fsp3) is 0.333. The van der Waals surface area contributed by atoms with Crippen molar-refractivity contribution in [1.82, 2.24) is 19.8 Å². The van der Waals surface area contributed by atoms with Gasteiger partial charge in [0.05, 0.1) is 11.8 Å². The Kier molecular flexibility index (Phi) is 5.16. The van der Waals surface area contributed by atoms with E-state index in [-0.39, 0.29) is 11.6 Å². The Morgan fingerprint density at radius 2 is 2.03 bits per heavy atom. The third-order valence-corrected chi connectivity index (χ3v) is 5.19. The Labute approximate surface area is 168 Å². The number of nitrogens with zero attached hydrogens (tertiary/aromatic N) is 4. The topological polar surface area (TPSA) is 93.3 Å². The Hall–Kier alpha value is -3.42. The summed E-state index contributed by atoms with van der Waals surface area (Å²) in [6.07, 6.45) is 5.57. The number of amides is 2. The number of carbonyl (C=O) groups is 2. The maximum Gasteiger partial charge on any atom is 0.277 e. The lowest BCUT2D eigenvalue weighted by Gasteiger charge is -2.18. The molecule has 29 heavy (non-hydrogen) atoms. The molecule has 3 heterocycles. The maximum absolute atomic E-state index is 12.7. The summed E-state index contributed by atoms with van der Waals surface area (Å²) in [4.78, 5) is 27.3. The van der Waals surface area contributed by atoms with E-state index in [1.165, 1.54) is 0 Å². The van der Waals surface area contributed by atoms with E-state index in [2.05, 4.69) is 15.6 Å². The number of aryl methyl sites for hydroxylation is 1. The van der Waals surface area contributed by atoms with Crippen LogP contribution in [0.5, 0.6) is 0 Å². The lowest BCUT2D eigenvalue weighted by Crippen LogP contribution is -2.28. The van der Waals surface area contributed by atoms with E-state index in [1.54, 1.807) is 35.1 Å². The first-order chi connectivity index (χ1) is 14.1. The van der Waals surface area contributed by atoms with Gasteiger partial charge in [-0.25, -0.2) is 0 Å². The van der Waals surface area contributed by atoms with Crippen LogP contribution in [0.4, 0.5) is 5.69 Å². The molecule has 1 aromatic carbocycles. The molecule has 0 aliphatic carbocycles. The number of anilines is 1. The molecule has 1 N–H and O–H groups in total. The molecule has 3 aromatic rings. The van der Waals surface area contributed by atoms with Crippen LogP contribution in [0.15, 0.2) is 41.2 Å². The summed E-state index contributed by atoms with van der Waals surface area (Å²) in [5, 5.41) is 10.9. The van der Waals surface area contributed by atoms with Crippen molar-refractivity contribution in [2.75, 3.05) is 18.4 Å². The van der Waals surface area contributed by atoms with E-state index in [0.29, 0.717) is 17.0 Å². The first kappa shape index (κ1) is 18.9. The molecule has 1 saturated heterocycles. The van der Waals surface area contributed by atoms with Crippen LogP contribution in [0.3, 0.4) is 0 Å². The quantitative estimate of drug-likeness (QED) is 0.717. The van der Waals surface area contributed by atoms with Gasteiger partial charge in [-0.3, -0.25) is 14.3 Å². The molecular weight excluding hydrogens is 370 g/mol. The first-order valence-electron chi connectivity index (χ1n) is 9.76. The molecule has 1 aliphatic rings. The lowest BCUT2D eigenvalue weighted by atomic mass is 10.1. The highest BCUT2D eigenvalue weighted by Gasteiger charge is 2.22. The van der Waals surface area contributed by atoms with E-state index >= 15 is 0 Å². The van der Waals surface area contributed by atoms with Crippen molar-refractivity contribution < 1.29 is 14.1 Å². The third-order valence-electron chi connectivity index (χ3n) is 5.19. The molecule has 1 fully saturated rings. The fourth-order valence-electron chi connectivity index (χ4n) is 3.46. The molecule has 150 valence electrons. The van der Waals surface area contributed by atoms with Gasteiger partial charge in [-0.2, -0.15) is 5.10 Å². The predicted octanol–water partition coefficient (Wildman–Crippen LogP) is 3.35. The molecule has 2 aromatic heterocycles. The molecule has 0 saturated carbocycles. The average molecular weight is 393 g/mol. The van der Waals surface area contributed by atoms with E-state index < -0.39 is 5.91 Å². The molecule has 2 amide bonds. The highest BCUT2D eigenvalue weighted by molar-refractivity contribution is 6.05. The van der Waals surface area contributed by atoms with Crippen LogP contribution < -0.4 is 5.32 Å². The number of aromatic nitrogens is 3. The van der Waals surface area contributed by atoms with E-state index in [9.17, 15) is 9.59 Å². The van der Waals surface area contributed by atoms with Gasteiger partial charge >= 0.3 is 0 Å². The summed E-state index contributed by atoms with van der Waals surface area (Å²) in [6.45, 7) is 6.14. The van der Waals surface area contributed by atoms with Gasteiger partial charge in [0, 0.05) is 43.1 Å². The molecule has 4 rings (SSSR count). The zero-order chi connectivity index (χ0) is 20.4. The van der Waals surface area contributed by atoms with E-state index in [1.807, 2.05) is 24.9 Å². The Bertz CT molecular complexity index is 1050. The molecule has 1 aliphatic heterocycles. The molecular formula is C21H23N5O3. The minimum Gasteiger partial charge on any atom is -0.355 e. The SMILES string of the molecule is CCn1cc(-c2cc(C(=O)Nc3cccc(C(=O)N4CCCC4)c3C)no2)cn1. The number of hydrogen-bond donors (Lipinski definition) is 1. The van der Waals surface area contributed by atoms with Gasteiger partial charge in [-0.1, -0.05) is 11.2 Å². The van der Waals surface area contributed by atoms with Gasteiger partial charge in [-0.15, -0.1) is 0 Å². The summed E-state index contributed by atoms with van der Waals surface area (Å²) in [7, 11) is 0. The van der Waals surface area contributed by atoms with Crippen LogP contribution in [0.1, 0.15) is 46.2 Å². The van der Waals surface area contributed by atoms with Gasteiger partial charge in [-0.05, 0) is 44.4 Å². The van der Waals surface area contributed by atoms with Crippen LogP contribution >= 0.6 is 0 Å². The molecule has 0 unspecified atom stereocenters. The van der Waals surface area contributed by atoms with Crippen molar-refractivity contribution in [2.45, 2.75) is 33.2 Å². The van der Waals surface area contributed by atoms with Crippen LogP contribution in [-0.2, 0) is 6.54 Å². The van der Waals surface area contributed by atoms with Crippen LogP contribution in [0.2, 0.25) is 0 Å². The van der Waals surface area contributed by atoms with Crippen LogP contribution in [0, 0.1) is 6.92 Å². The predicted molar refractivity (Wildman–Crippen MR) is 108 cm³/mol. The maximum atomic E-state index is 12.7. The number of hydrogen-bond acceptors (Lipinski definition) is 5. The molecule has 0 radical (unpaired) electrons. The van der Waals surface area contributed by atoms with Crippen molar-refractivity contribution in [3.63, 3.8) is 0 Å². The number of carbonyl (C=O) groups excluding carboxylic acids is 2. The number of likely N-dealkylation sites (tertiary alicyclic amines) is 1. The monoisotopic (exact) mass is 393 g/mol. The number of rotatable bonds is 5. The zero-order valence-corrected chi connectivity index (χ0v) is 16.5. The van der Waals surface area contributed by atoms with E-state index in [4.69, 9.17) is 4.52 Å². The van der Waals surface area contributed by atoms with Gasteiger partial charge < -0.3 is 14.7 Å². The largest absolute Gasteiger partial charge is 0.355 e. The normalized spacial score (nSPS) is 13.7. The molecule has 8 heteroatoms. The van der Waals surface area contributed by atoms with Crippen LogP contribution in [-0.4, -0.2) is 44.7 Å². The van der Waals surface area contributed by atoms with Gasteiger partial charge in [0.2, 0.25) is 0 Å². The van der Waals surface area contributed by atoms with Crippen molar-refractivity contribution in [2.24, 2.45) is 0 Å². The smallest absolute Gasteiger partial charge is 0.277 e.